The lowest BCUT2D eigenvalue weighted by molar-refractivity contribution is -0.0562. The monoisotopic (exact) mass is 249 g/mol. The van der Waals surface area contributed by atoms with Gasteiger partial charge in [-0.05, 0) is 6.42 Å². The Hall–Kier alpha value is -1.03. The van der Waals surface area contributed by atoms with Crippen molar-refractivity contribution < 1.29 is 25.9 Å². The molecule has 6 nitrogen and oxygen atoms in total. The van der Waals surface area contributed by atoms with Gasteiger partial charge in [-0.25, -0.2) is 5.48 Å². The minimum atomic E-state index is -5.69. The lowest BCUT2D eigenvalue weighted by atomic mass is 10.5. The van der Waals surface area contributed by atoms with Crippen LogP contribution in [-0.4, -0.2) is 26.4 Å². The number of nitrogens with one attached hydrogen (secondary N) is 1. The van der Waals surface area contributed by atoms with Gasteiger partial charge in [0.25, 0.3) is 0 Å². The predicted molar refractivity (Wildman–Crippen MR) is 46.0 cm³/mol. The SMILES string of the molecule is CCCN=C(N)NOS(=O)(=O)C(F)(F)F. The molecule has 0 atom stereocenters. The summed E-state index contributed by atoms with van der Waals surface area (Å²) in [5.41, 5.74) is 0.881. The molecule has 0 aromatic heterocycles. The number of rotatable bonds is 4. The fraction of sp³-hybridized carbons (Fsp3) is 0.800. The van der Waals surface area contributed by atoms with Crippen molar-refractivity contribution in [3.63, 3.8) is 0 Å². The van der Waals surface area contributed by atoms with E-state index in [-0.39, 0.29) is 6.54 Å². The van der Waals surface area contributed by atoms with Crippen LogP contribution in [0.1, 0.15) is 13.3 Å². The number of alkyl halides is 3. The second-order valence-corrected chi connectivity index (χ2v) is 3.89. The van der Waals surface area contributed by atoms with E-state index in [9.17, 15) is 21.6 Å². The molecule has 0 aromatic carbocycles. The molecule has 0 unspecified atom stereocenters. The molecule has 0 radical (unpaired) electrons. The molecule has 3 N–H and O–H groups in total. The van der Waals surface area contributed by atoms with Crippen molar-refractivity contribution in [3.8, 4) is 0 Å². The third-order valence-corrected chi connectivity index (χ3v) is 1.91. The lowest BCUT2D eigenvalue weighted by Gasteiger charge is -2.08. The highest BCUT2D eigenvalue weighted by molar-refractivity contribution is 7.87. The van der Waals surface area contributed by atoms with E-state index >= 15 is 0 Å². The van der Waals surface area contributed by atoms with Gasteiger partial charge in [0.15, 0.2) is 0 Å². The molecule has 0 heterocycles. The van der Waals surface area contributed by atoms with Crippen LogP contribution in [0.5, 0.6) is 0 Å². The van der Waals surface area contributed by atoms with Gasteiger partial charge in [-0.2, -0.15) is 21.6 Å². The molecule has 0 bridgehead atoms. The Morgan fingerprint density at radius 2 is 2.07 bits per heavy atom. The molecular weight excluding hydrogens is 239 g/mol. The van der Waals surface area contributed by atoms with Gasteiger partial charge in [0.05, 0.1) is 0 Å². The average Bonchev–Trinajstić information content (AvgIpc) is 2.09. The summed E-state index contributed by atoms with van der Waals surface area (Å²) in [6.07, 6.45) is 0.606. The van der Waals surface area contributed by atoms with Crippen LogP contribution in [0.3, 0.4) is 0 Å². The molecular formula is C5H10F3N3O3S. The summed E-state index contributed by atoms with van der Waals surface area (Å²) in [5.74, 6) is -0.537. The Bertz CT molecular complexity index is 324. The molecule has 10 heteroatoms. The first-order valence-electron chi connectivity index (χ1n) is 3.76. The van der Waals surface area contributed by atoms with E-state index in [1.807, 2.05) is 0 Å². The van der Waals surface area contributed by atoms with Gasteiger partial charge in [0, 0.05) is 6.54 Å². The number of hydrogen-bond acceptors (Lipinski definition) is 4. The highest BCUT2D eigenvalue weighted by Crippen LogP contribution is 2.23. The maximum Gasteiger partial charge on any atom is 0.525 e. The smallest absolute Gasteiger partial charge is 0.368 e. The Balaban J connectivity index is 4.29. The van der Waals surface area contributed by atoms with Gasteiger partial charge < -0.3 is 5.73 Å². The van der Waals surface area contributed by atoms with Crippen LogP contribution < -0.4 is 11.2 Å². The first kappa shape index (κ1) is 14.0. The molecule has 0 amide bonds. The summed E-state index contributed by atoms with van der Waals surface area (Å²) < 4.78 is 59.1. The Labute approximate surface area is 84.4 Å². The molecule has 0 saturated carbocycles. The van der Waals surface area contributed by atoms with Gasteiger partial charge in [0.1, 0.15) is 0 Å². The topological polar surface area (TPSA) is 93.8 Å². The predicted octanol–water partition coefficient (Wildman–Crippen LogP) is 0.0819. The third-order valence-electron chi connectivity index (χ3n) is 1.05. The van der Waals surface area contributed by atoms with Crippen molar-refractivity contribution >= 4 is 16.1 Å². The van der Waals surface area contributed by atoms with Crippen LogP contribution in [0, 0.1) is 0 Å². The minimum absolute atomic E-state index is 0.244. The van der Waals surface area contributed by atoms with E-state index in [0.717, 1.165) is 0 Å². The van der Waals surface area contributed by atoms with Gasteiger partial charge in [-0.3, -0.25) is 4.99 Å². The lowest BCUT2D eigenvalue weighted by Crippen LogP contribution is -2.38. The van der Waals surface area contributed by atoms with Gasteiger partial charge in [-0.1, -0.05) is 6.92 Å². The highest BCUT2D eigenvalue weighted by atomic mass is 32.2. The summed E-state index contributed by atoms with van der Waals surface area (Å²) in [6.45, 7) is 2.00. The summed E-state index contributed by atoms with van der Waals surface area (Å²) in [6, 6.07) is 0. The maximum absolute atomic E-state index is 11.7. The van der Waals surface area contributed by atoms with Crippen LogP contribution in [-0.2, 0) is 14.4 Å². The number of halogens is 3. The van der Waals surface area contributed by atoms with Gasteiger partial charge in [0.2, 0.25) is 5.96 Å². The van der Waals surface area contributed by atoms with Crippen LogP contribution in [0.15, 0.2) is 4.99 Å². The van der Waals surface area contributed by atoms with Gasteiger partial charge >= 0.3 is 15.6 Å². The zero-order valence-electron chi connectivity index (χ0n) is 7.71. The largest absolute Gasteiger partial charge is 0.525 e. The Morgan fingerprint density at radius 3 is 2.47 bits per heavy atom. The zero-order chi connectivity index (χ0) is 12.1. The molecule has 0 aliphatic carbocycles. The second-order valence-electron chi connectivity index (χ2n) is 2.35. The van der Waals surface area contributed by atoms with E-state index in [1.54, 1.807) is 6.92 Å². The van der Waals surface area contributed by atoms with Crippen molar-refractivity contribution in [2.24, 2.45) is 10.7 Å². The number of hydroxylamine groups is 1. The summed E-state index contributed by atoms with van der Waals surface area (Å²) >= 11 is 0. The van der Waals surface area contributed by atoms with E-state index in [0.29, 0.717) is 6.42 Å². The second kappa shape index (κ2) is 5.16. The minimum Gasteiger partial charge on any atom is -0.368 e. The Morgan fingerprint density at radius 1 is 1.53 bits per heavy atom. The molecule has 0 rings (SSSR count). The first-order valence-corrected chi connectivity index (χ1v) is 5.17. The van der Waals surface area contributed by atoms with Crippen molar-refractivity contribution in [1.82, 2.24) is 5.48 Å². The average molecular weight is 249 g/mol. The van der Waals surface area contributed by atoms with Crippen molar-refractivity contribution in [2.45, 2.75) is 18.9 Å². The molecule has 0 aliphatic rings. The fourth-order valence-corrected chi connectivity index (χ4v) is 0.699. The number of aliphatic imine (C=N–C) groups is 1. The molecule has 0 spiro atoms. The van der Waals surface area contributed by atoms with E-state index in [1.165, 1.54) is 5.48 Å². The van der Waals surface area contributed by atoms with Crippen molar-refractivity contribution in [2.75, 3.05) is 6.54 Å². The maximum atomic E-state index is 11.7. The number of hydrogen-bond donors (Lipinski definition) is 2. The molecule has 90 valence electrons. The molecule has 0 fully saturated rings. The molecule has 0 saturated heterocycles. The quantitative estimate of drug-likeness (QED) is 0.318. The van der Waals surface area contributed by atoms with Crippen molar-refractivity contribution in [3.05, 3.63) is 0 Å². The zero-order valence-corrected chi connectivity index (χ0v) is 8.52. The highest BCUT2D eigenvalue weighted by Gasteiger charge is 2.48. The molecule has 0 aromatic rings. The third kappa shape index (κ3) is 4.83. The van der Waals surface area contributed by atoms with Gasteiger partial charge in [-0.15, -0.1) is 4.28 Å². The fourth-order valence-electron chi connectivity index (χ4n) is 0.409. The molecule has 15 heavy (non-hydrogen) atoms. The number of nitrogens with zero attached hydrogens (tertiary/aromatic N) is 1. The Kier molecular flexibility index (Phi) is 4.81. The summed E-state index contributed by atoms with van der Waals surface area (Å²) in [7, 11) is -5.69. The van der Waals surface area contributed by atoms with Crippen LogP contribution in [0.4, 0.5) is 13.2 Å². The van der Waals surface area contributed by atoms with E-state index in [4.69, 9.17) is 5.73 Å². The van der Waals surface area contributed by atoms with Crippen LogP contribution >= 0.6 is 0 Å². The van der Waals surface area contributed by atoms with E-state index < -0.39 is 21.6 Å². The van der Waals surface area contributed by atoms with Crippen molar-refractivity contribution in [1.29, 1.82) is 0 Å². The molecule has 0 aliphatic heterocycles. The summed E-state index contributed by atoms with van der Waals surface area (Å²) in [4.78, 5) is 3.45. The summed E-state index contributed by atoms with van der Waals surface area (Å²) in [5, 5.41) is 0. The number of nitrogens with two attached hydrogens (primary N) is 1. The first-order chi connectivity index (χ1) is 6.70. The standard InChI is InChI=1S/C5H10F3N3O3S/c1-2-3-10-4(9)11-14-15(12,13)5(6,7)8/h2-3H2,1H3,(H3,9,10,11). The normalized spacial score (nSPS) is 14.0. The van der Waals surface area contributed by atoms with E-state index in [2.05, 4.69) is 9.28 Å². The van der Waals surface area contributed by atoms with Crippen LogP contribution in [0.2, 0.25) is 0 Å². The number of guanidine groups is 1. The van der Waals surface area contributed by atoms with Crippen LogP contribution in [0.25, 0.3) is 0 Å².